The number of rotatable bonds is 7. The Kier molecular flexibility index (Phi) is 17.6. The molecule has 252 valence electrons. The van der Waals surface area contributed by atoms with E-state index in [1.54, 1.807) is 12.1 Å². The van der Waals surface area contributed by atoms with Gasteiger partial charge < -0.3 is 24.8 Å². The molecule has 1 aliphatic rings. The van der Waals surface area contributed by atoms with Gasteiger partial charge in [-0.1, -0.05) is 100 Å². The molecule has 4 rings (SSSR count). The van der Waals surface area contributed by atoms with Crippen LogP contribution in [0.5, 0.6) is 0 Å². The van der Waals surface area contributed by atoms with Crippen molar-refractivity contribution in [2.45, 2.75) is 66.6 Å². The van der Waals surface area contributed by atoms with Gasteiger partial charge in [-0.3, -0.25) is 9.59 Å². The topological polar surface area (TPSA) is 127 Å². The monoisotopic (exact) mass is 639 g/mol. The van der Waals surface area contributed by atoms with Gasteiger partial charge in [0, 0.05) is 28.1 Å². The van der Waals surface area contributed by atoms with Gasteiger partial charge in [0.15, 0.2) is 0 Å². The fraction of sp³-hybridized carbons (Fsp3) is 0.469. The molecule has 13 heteroatoms. The number of likely N-dealkylation sites (tertiary alicyclic amines) is 1. The molecule has 1 fully saturated rings. The predicted molar refractivity (Wildman–Crippen MR) is 169 cm³/mol. The third-order valence-corrected chi connectivity index (χ3v) is 5.63. The highest BCUT2D eigenvalue weighted by molar-refractivity contribution is 5.79. The van der Waals surface area contributed by atoms with Gasteiger partial charge in [-0.05, 0) is 30.2 Å². The van der Waals surface area contributed by atoms with Crippen molar-refractivity contribution in [1.82, 2.24) is 25.7 Å². The highest BCUT2D eigenvalue weighted by atomic mass is 19.4. The maximum atomic E-state index is 12.4. The summed E-state index contributed by atoms with van der Waals surface area (Å²) in [6.07, 6.45) is -0.947. The van der Waals surface area contributed by atoms with Crippen molar-refractivity contribution in [3.8, 4) is 11.4 Å². The summed E-state index contributed by atoms with van der Waals surface area (Å²) in [4.78, 5) is 38.0. The number of benzene rings is 2. The van der Waals surface area contributed by atoms with Gasteiger partial charge in [-0.25, -0.2) is 4.79 Å². The Bertz CT molecular complexity index is 1230. The first-order valence-electron chi connectivity index (χ1n) is 14.7. The Morgan fingerprint density at radius 2 is 1.53 bits per heavy atom. The molecule has 1 aromatic heterocycles. The smallest absolute Gasteiger partial charge is 0.449 e. The van der Waals surface area contributed by atoms with Gasteiger partial charge in [0.2, 0.25) is 18.1 Å². The van der Waals surface area contributed by atoms with Crippen LogP contribution in [0.1, 0.15) is 68.2 Å². The summed E-state index contributed by atoms with van der Waals surface area (Å²) in [5.74, 6) is -1.95. The van der Waals surface area contributed by atoms with Crippen molar-refractivity contribution in [3.63, 3.8) is 0 Å². The first-order valence-corrected chi connectivity index (χ1v) is 14.7. The highest BCUT2D eigenvalue weighted by Crippen LogP contribution is 2.29. The first-order chi connectivity index (χ1) is 21.4. The van der Waals surface area contributed by atoms with E-state index in [1.807, 2.05) is 55.1 Å². The van der Waals surface area contributed by atoms with Crippen molar-refractivity contribution in [3.05, 3.63) is 72.1 Å². The summed E-state index contributed by atoms with van der Waals surface area (Å²) in [7, 11) is 0. The Balaban J connectivity index is 0. The number of hydrogen-bond donors (Lipinski definition) is 2. The number of amides is 3. The van der Waals surface area contributed by atoms with Crippen LogP contribution in [-0.4, -0.2) is 59.7 Å². The number of piperidine rings is 1. The van der Waals surface area contributed by atoms with Crippen LogP contribution in [0.2, 0.25) is 0 Å². The van der Waals surface area contributed by atoms with E-state index >= 15 is 0 Å². The number of ether oxygens (including phenoxy) is 1. The summed E-state index contributed by atoms with van der Waals surface area (Å²) in [6.45, 7) is 12.5. The molecule has 0 spiro atoms. The number of nitrogens with one attached hydrogen (secondary N) is 2. The zero-order chi connectivity index (χ0) is 33.7. The number of carbonyl (C=O) groups excluding carboxylic acids is 3. The maximum absolute atomic E-state index is 12.4. The van der Waals surface area contributed by atoms with Gasteiger partial charge >= 0.3 is 18.2 Å². The summed E-state index contributed by atoms with van der Waals surface area (Å²) in [6, 6.07) is 18.2. The number of aromatic nitrogens is 2. The Morgan fingerprint density at radius 3 is 2.00 bits per heavy atom. The molecular formula is C32H48F3N5O5. The van der Waals surface area contributed by atoms with Crippen LogP contribution in [0.3, 0.4) is 0 Å². The molecule has 0 atom stereocenters. The van der Waals surface area contributed by atoms with E-state index in [0.717, 1.165) is 25.9 Å². The normalized spacial score (nSPS) is 12.5. The molecule has 0 saturated carbocycles. The fourth-order valence-corrected chi connectivity index (χ4v) is 3.46. The van der Waals surface area contributed by atoms with Crippen LogP contribution in [0, 0.1) is 5.41 Å². The summed E-state index contributed by atoms with van der Waals surface area (Å²) in [5, 5.41) is 8.05. The van der Waals surface area contributed by atoms with Crippen LogP contribution in [0.15, 0.2) is 65.2 Å². The minimum atomic E-state index is -4.69. The van der Waals surface area contributed by atoms with Gasteiger partial charge in [0.25, 0.3) is 0 Å². The number of alkyl halides is 3. The van der Waals surface area contributed by atoms with Gasteiger partial charge in [-0.15, -0.1) is 0 Å². The third-order valence-electron chi connectivity index (χ3n) is 5.63. The number of halogens is 3. The molecule has 2 aromatic carbocycles. The lowest BCUT2D eigenvalue weighted by Crippen LogP contribution is -2.37. The van der Waals surface area contributed by atoms with Crippen molar-refractivity contribution in [2.24, 2.45) is 5.41 Å². The molecule has 1 saturated heterocycles. The van der Waals surface area contributed by atoms with Gasteiger partial charge in [-0.2, -0.15) is 18.2 Å². The lowest BCUT2D eigenvalue weighted by molar-refractivity contribution is -0.159. The molecule has 0 aliphatic carbocycles. The number of carbonyl (C=O) groups is 3. The molecule has 10 nitrogen and oxygen atoms in total. The average molecular weight is 640 g/mol. The molecule has 3 aromatic rings. The predicted octanol–water partition coefficient (Wildman–Crippen LogP) is 6.98. The second kappa shape index (κ2) is 20.5. The average Bonchev–Trinajstić information content (AvgIpc) is 3.56. The lowest BCUT2D eigenvalue weighted by atomic mass is 9.99. The van der Waals surface area contributed by atoms with E-state index in [9.17, 15) is 27.6 Å². The Labute approximate surface area is 265 Å². The van der Waals surface area contributed by atoms with Gasteiger partial charge in [0.1, 0.15) is 0 Å². The van der Waals surface area contributed by atoms with Crippen LogP contribution < -0.4 is 10.6 Å². The zero-order valence-corrected chi connectivity index (χ0v) is 26.5. The summed E-state index contributed by atoms with van der Waals surface area (Å²) >= 11 is 0. The van der Waals surface area contributed by atoms with Crippen LogP contribution in [-0.2, 0) is 27.0 Å². The van der Waals surface area contributed by atoms with E-state index in [0.29, 0.717) is 24.1 Å². The SMILES string of the molecule is CC.CC(C)(C)COC(=O)N1CCCCC1.O=CNCC(=O)NCc1ccc(-c2noc(C(F)(F)F)n2)cc1.[HH].[HH].c1ccccc1. The maximum Gasteiger partial charge on any atom is 0.471 e. The lowest BCUT2D eigenvalue weighted by Gasteiger charge is -2.27. The van der Waals surface area contributed by atoms with Crippen molar-refractivity contribution in [1.29, 1.82) is 0 Å². The third kappa shape index (κ3) is 16.9. The molecule has 45 heavy (non-hydrogen) atoms. The minimum absolute atomic E-state index is 0. The Morgan fingerprint density at radius 1 is 0.978 bits per heavy atom. The molecule has 0 bridgehead atoms. The first kappa shape index (κ1) is 38.6. The molecule has 0 unspecified atom stereocenters. The second-order valence-electron chi connectivity index (χ2n) is 10.7. The molecular weight excluding hydrogens is 591 g/mol. The fourth-order valence-electron chi connectivity index (χ4n) is 3.46. The number of nitrogens with zero attached hydrogens (tertiary/aromatic N) is 3. The molecule has 1 aliphatic heterocycles. The molecule has 3 amide bonds. The summed E-state index contributed by atoms with van der Waals surface area (Å²) in [5.41, 5.74) is 1.13. The van der Waals surface area contributed by atoms with E-state index in [1.165, 1.54) is 18.6 Å². The standard InChI is InChI=1S/C13H11F3N4O3.C11H21NO2.C6H6.C2H6.2H2/c14-13(15,16)12-19-11(20-23-12)9-3-1-8(2-4-9)5-18-10(22)6-17-7-21;1-11(2,3)9-14-10(13)12-7-5-4-6-8-12;1-2-4-6-5-3-1;1-2;;/h1-4,7H,5-6H2,(H,17,21)(H,18,22);4-9H2,1-3H3;1-6H;1-2H3;2*1H. The summed E-state index contributed by atoms with van der Waals surface area (Å²) < 4.78 is 46.5. The van der Waals surface area contributed by atoms with Gasteiger partial charge in [0.05, 0.1) is 13.2 Å². The minimum Gasteiger partial charge on any atom is -0.449 e. The second-order valence-corrected chi connectivity index (χ2v) is 10.7. The van der Waals surface area contributed by atoms with E-state index in [4.69, 9.17) is 4.74 Å². The quantitative estimate of drug-likeness (QED) is 0.267. The molecule has 2 N–H and O–H groups in total. The largest absolute Gasteiger partial charge is 0.471 e. The van der Waals surface area contributed by atoms with Crippen LogP contribution in [0.25, 0.3) is 11.4 Å². The molecule has 2 heterocycles. The van der Waals surface area contributed by atoms with Crippen LogP contribution >= 0.6 is 0 Å². The van der Waals surface area contributed by atoms with Crippen molar-refractivity contribution < 1.29 is 39.7 Å². The van der Waals surface area contributed by atoms with E-state index in [-0.39, 0.29) is 39.2 Å². The number of hydrogen-bond acceptors (Lipinski definition) is 7. The Hall–Kier alpha value is -4.42. The van der Waals surface area contributed by atoms with Crippen molar-refractivity contribution >= 4 is 18.4 Å². The van der Waals surface area contributed by atoms with E-state index in [2.05, 4.69) is 46.1 Å². The van der Waals surface area contributed by atoms with Crippen LogP contribution in [0.4, 0.5) is 18.0 Å². The van der Waals surface area contributed by atoms with Crippen molar-refractivity contribution in [2.75, 3.05) is 26.2 Å². The highest BCUT2D eigenvalue weighted by Gasteiger charge is 2.38. The van der Waals surface area contributed by atoms with E-state index < -0.39 is 12.1 Å². The molecule has 0 radical (unpaired) electrons. The zero-order valence-electron chi connectivity index (χ0n) is 26.5.